The lowest BCUT2D eigenvalue weighted by atomic mass is 9.86. The third-order valence-corrected chi connectivity index (χ3v) is 7.86. The zero-order valence-electron chi connectivity index (χ0n) is 20.2. The summed E-state index contributed by atoms with van der Waals surface area (Å²) < 4.78 is 0. The summed E-state index contributed by atoms with van der Waals surface area (Å²) in [6.45, 7) is 11.3. The number of carbonyl (C=O) groups is 2. The molecule has 0 bridgehead atoms. The smallest absolute Gasteiger partial charge is 0.223 e. The van der Waals surface area contributed by atoms with Crippen molar-refractivity contribution in [3.8, 4) is 0 Å². The van der Waals surface area contributed by atoms with Crippen molar-refractivity contribution in [1.82, 2.24) is 19.6 Å². The average molecular weight is 435 g/mol. The molecule has 3 fully saturated rings. The SMILES string of the molecule is CCCC(=O)N1CCC(CCCC2CCN(C(=O)CCN3CCN(C)CC3)CC2)CC1. The third-order valence-electron chi connectivity index (χ3n) is 7.86. The summed E-state index contributed by atoms with van der Waals surface area (Å²) in [5.74, 6) is 2.32. The molecule has 0 saturated carbocycles. The van der Waals surface area contributed by atoms with Crippen molar-refractivity contribution in [2.24, 2.45) is 11.8 Å². The van der Waals surface area contributed by atoms with Crippen molar-refractivity contribution in [1.29, 1.82) is 0 Å². The van der Waals surface area contributed by atoms with Gasteiger partial charge in [-0.1, -0.05) is 26.2 Å². The number of amides is 2. The molecule has 0 atom stereocenters. The first-order valence-corrected chi connectivity index (χ1v) is 13.0. The van der Waals surface area contributed by atoms with E-state index in [0.717, 1.165) is 77.2 Å². The van der Waals surface area contributed by atoms with Gasteiger partial charge < -0.3 is 19.6 Å². The van der Waals surface area contributed by atoms with Gasteiger partial charge in [0, 0.05) is 71.7 Å². The first kappa shape index (κ1) is 24.5. The second-order valence-electron chi connectivity index (χ2n) is 10.2. The second-order valence-corrected chi connectivity index (χ2v) is 10.2. The number of carbonyl (C=O) groups excluding carboxylic acids is 2. The highest BCUT2D eigenvalue weighted by Gasteiger charge is 2.25. The van der Waals surface area contributed by atoms with Gasteiger partial charge in [0.2, 0.25) is 11.8 Å². The first-order valence-electron chi connectivity index (χ1n) is 13.0. The Kier molecular flexibility index (Phi) is 10.1. The van der Waals surface area contributed by atoms with Crippen LogP contribution in [0.15, 0.2) is 0 Å². The fourth-order valence-electron chi connectivity index (χ4n) is 5.49. The molecular formula is C25H46N4O2. The van der Waals surface area contributed by atoms with Crippen LogP contribution in [0.4, 0.5) is 0 Å². The lowest BCUT2D eigenvalue weighted by Crippen LogP contribution is -2.46. The van der Waals surface area contributed by atoms with Crippen LogP contribution >= 0.6 is 0 Å². The monoisotopic (exact) mass is 434 g/mol. The van der Waals surface area contributed by atoms with Crippen molar-refractivity contribution >= 4 is 11.8 Å². The van der Waals surface area contributed by atoms with Crippen molar-refractivity contribution in [2.75, 3.05) is 66.0 Å². The van der Waals surface area contributed by atoms with Crippen molar-refractivity contribution < 1.29 is 9.59 Å². The first-order chi connectivity index (χ1) is 15.0. The third kappa shape index (κ3) is 8.05. The maximum atomic E-state index is 12.6. The number of piperazine rings is 1. The fourth-order valence-corrected chi connectivity index (χ4v) is 5.49. The summed E-state index contributed by atoms with van der Waals surface area (Å²) in [4.78, 5) is 33.6. The fraction of sp³-hybridized carbons (Fsp3) is 0.920. The predicted octanol–water partition coefficient (Wildman–Crippen LogP) is 3.07. The van der Waals surface area contributed by atoms with Gasteiger partial charge in [0.25, 0.3) is 0 Å². The number of likely N-dealkylation sites (N-methyl/N-ethyl adjacent to an activating group) is 1. The van der Waals surface area contributed by atoms with Gasteiger partial charge in [0.15, 0.2) is 0 Å². The predicted molar refractivity (Wildman–Crippen MR) is 126 cm³/mol. The van der Waals surface area contributed by atoms with Crippen LogP contribution in [0.5, 0.6) is 0 Å². The molecular weight excluding hydrogens is 388 g/mol. The molecule has 0 aliphatic carbocycles. The Balaban J connectivity index is 1.23. The molecule has 3 rings (SSSR count). The Labute approximate surface area is 190 Å². The largest absolute Gasteiger partial charge is 0.343 e. The number of nitrogens with zero attached hydrogens (tertiary/aromatic N) is 4. The molecule has 3 heterocycles. The Hall–Kier alpha value is -1.14. The topological polar surface area (TPSA) is 47.1 Å². The molecule has 6 nitrogen and oxygen atoms in total. The molecule has 6 heteroatoms. The Morgan fingerprint density at radius 2 is 1.19 bits per heavy atom. The van der Waals surface area contributed by atoms with E-state index in [1.165, 1.54) is 44.9 Å². The molecule has 178 valence electrons. The zero-order valence-corrected chi connectivity index (χ0v) is 20.2. The molecule has 0 radical (unpaired) electrons. The normalized spacial score (nSPS) is 22.8. The van der Waals surface area contributed by atoms with Crippen LogP contribution in [0.1, 0.15) is 71.1 Å². The Bertz CT molecular complexity index is 546. The minimum absolute atomic E-state index is 0.353. The second kappa shape index (κ2) is 12.8. The number of hydrogen-bond acceptors (Lipinski definition) is 4. The summed E-state index contributed by atoms with van der Waals surface area (Å²) in [5.41, 5.74) is 0. The van der Waals surface area contributed by atoms with Gasteiger partial charge in [0.05, 0.1) is 0 Å². The number of hydrogen-bond donors (Lipinski definition) is 0. The molecule has 0 N–H and O–H groups in total. The van der Waals surface area contributed by atoms with E-state index in [0.29, 0.717) is 24.7 Å². The average Bonchev–Trinajstić information content (AvgIpc) is 2.79. The van der Waals surface area contributed by atoms with Crippen LogP contribution < -0.4 is 0 Å². The summed E-state index contributed by atoms with van der Waals surface area (Å²) in [6, 6.07) is 0. The van der Waals surface area contributed by atoms with Crippen LogP contribution in [0.3, 0.4) is 0 Å². The van der Waals surface area contributed by atoms with Gasteiger partial charge in [-0.05, 0) is 51.0 Å². The molecule has 0 aromatic carbocycles. The van der Waals surface area contributed by atoms with Gasteiger partial charge >= 0.3 is 0 Å². The van der Waals surface area contributed by atoms with Crippen LogP contribution in [0, 0.1) is 11.8 Å². The highest BCUT2D eigenvalue weighted by Crippen LogP contribution is 2.27. The molecule has 0 spiro atoms. The maximum absolute atomic E-state index is 12.6. The molecule has 3 saturated heterocycles. The Morgan fingerprint density at radius 3 is 1.68 bits per heavy atom. The molecule has 31 heavy (non-hydrogen) atoms. The van der Waals surface area contributed by atoms with Gasteiger partial charge in [-0.25, -0.2) is 0 Å². The van der Waals surface area contributed by atoms with E-state index in [9.17, 15) is 9.59 Å². The molecule has 3 aliphatic rings. The van der Waals surface area contributed by atoms with Crippen LogP contribution in [-0.2, 0) is 9.59 Å². The van der Waals surface area contributed by atoms with E-state index < -0.39 is 0 Å². The summed E-state index contributed by atoms with van der Waals surface area (Å²) >= 11 is 0. The van der Waals surface area contributed by atoms with Crippen LogP contribution in [-0.4, -0.2) is 97.4 Å². The highest BCUT2D eigenvalue weighted by molar-refractivity contribution is 5.76. The lowest BCUT2D eigenvalue weighted by molar-refractivity contribution is -0.133. The minimum Gasteiger partial charge on any atom is -0.343 e. The molecule has 3 aliphatic heterocycles. The van der Waals surface area contributed by atoms with E-state index in [1.807, 2.05) is 0 Å². The van der Waals surface area contributed by atoms with Gasteiger partial charge in [-0.2, -0.15) is 0 Å². The Morgan fingerprint density at radius 1 is 0.710 bits per heavy atom. The molecule has 0 unspecified atom stereocenters. The number of piperidine rings is 2. The summed E-state index contributed by atoms with van der Waals surface area (Å²) in [7, 11) is 2.17. The van der Waals surface area contributed by atoms with E-state index >= 15 is 0 Å². The van der Waals surface area contributed by atoms with Gasteiger partial charge in [-0.15, -0.1) is 0 Å². The molecule has 0 aromatic rings. The van der Waals surface area contributed by atoms with E-state index in [2.05, 4.69) is 33.6 Å². The van der Waals surface area contributed by atoms with Crippen molar-refractivity contribution in [3.05, 3.63) is 0 Å². The van der Waals surface area contributed by atoms with Gasteiger partial charge in [0.1, 0.15) is 0 Å². The zero-order chi connectivity index (χ0) is 22.1. The molecule has 2 amide bonds. The van der Waals surface area contributed by atoms with Crippen LogP contribution in [0.25, 0.3) is 0 Å². The van der Waals surface area contributed by atoms with E-state index in [-0.39, 0.29) is 0 Å². The highest BCUT2D eigenvalue weighted by atomic mass is 16.2. The van der Waals surface area contributed by atoms with Gasteiger partial charge in [-0.3, -0.25) is 9.59 Å². The van der Waals surface area contributed by atoms with Crippen LogP contribution in [0.2, 0.25) is 0 Å². The van der Waals surface area contributed by atoms with E-state index in [4.69, 9.17) is 0 Å². The quantitative estimate of drug-likeness (QED) is 0.560. The number of likely N-dealkylation sites (tertiary alicyclic amines) is 2. The standard InChI is InChI=1S/C25H46N4O2/c1-3-5-24(30)28-14-8-22(9-15-28)6-4-7-23-10-16-29(17-11-23)25(31)12-13-27-20-18-26(2)19-21-27/h22-23H,3-21H2,1-2H3. The maximum Gasteiger partial charge on any atom is 0.223 e. The number of rotatable bonds is 9. The summed E-state index contributed by atoms with van der Waals surface area (Å²) in [5, 5.41) is 0. The summed E-state index contributed by atoms with van der Waals surface area (Å²) in [6.07, 6.45) is 11.1. The van der Waals surface area contributed by atoms with Crippen molar-refractivity contribution in [3.63, 3.8) is 0 Å². The minimum atomic E-state index is 0.353. The van der Waals surface area contributed by atoms with Crippen molar-refractivity contribution in [2.45, 2.75) is 71.1 Å². The lowest BCUT2D eigenvalue weighted by Gasteiger charge is -2.35. The molecule has 0 aromatic heterocycles. The van der Waals surface area contributed by atoms with E-state index in [1.54, 1.807) is 0 Å².